The normalized spacial score (nSPS) is 12.1. The number of hydrogen-bond donors (Lipinski definition) is 1. The van der Waals surface area contributed by atoms with Gasteiger partial charge in [0.25, 0.3) is 0 Å². The van der Waals surface area contributed by atoms with Crippen LogP contribution in [0.2, 0.25) is 10.0 Å². The molecule has 0 unspecified atom stereocenters. The van der Waals surface area contributed by atoms with Gasteiger partial charge in [-0.25, -0.2) is 0 Å². The van der Waals surface area contributed by atoms with Gasteiger partial charge in [-0.3, -0.25) is 0 Å². The van der Waals surface area contributed by atoms with Gasteiger partial charge in [-0.15, -0.1) is 0 Å². The number of halogens is 2. The fourth-order valence-corrected chi connectivity index (χ4v) is 3.64. The zero-order valence-electron chi connectivity index (χ0n) is 11.6. The highest BCUT2D eigenvalue weighted by Gasteiger charge is 2.21. The van der Waals surface area contributed by atoms with Gasteiger partial charge in [0.05, 0.1) is 10.0 Å². The molecular weight excluding hydrogens is 315 g/mol. The quantitative estimate of drug-likeness (QED) is 0.459. The van der Waals surface area contributed by atoms with Crippen molar-refractivity contribution >= 4 is 23.2 Å². The maximum atomic E-state index is 9.75. The second-order valence-corrected chi connectivity index (χ2v) is 6.27. The van der Waals surface area contributed by atoms with Crippen molar-refractivity contribution < 1.29 is 5.11 Å². The molecule has 0 heterocycles. The molecule has 0 saturated carbocycles. The van der Waals surface area contributed by atoms with Gasteiger partial charge < -0.3 is 5.11 Å². The van der Waals surface area contributed by atoms with Gasteiger partial charge in [0.15, 0.2) is 5.75 Å². The van der Waals surface area contributed by atoms with Crippen molar-refractivity contribution in [3.8, 4) is 28.0 Å². The summed E-state index contributed by atoms with van der Waals surface area (Å²) >= 11 is 12.1. The number of fused-ring (bicyclic) bond motifs is 3. The molecule has 22 heavy (non-hydrogen) atoms. The Morgan fingerprint density at radius 3 is 2.18 bits per heavy atom. The molecule has 3 aromatic carbocycles. The van der Waals surface area contributed by atoms with Crippen molar-refractivity contribution in [1.29, 1.82) is 0 Å². The minimum atomic E-state index is -0.0667. The van der Waals surface area contributed by atoms with E-state index in [0.717, 1.165) is 17.5 Å². The van der Waals surface area contributed by atoms with E-state index in [1.165, 1.54) is 22.3 Å². The van der Waals surface area contributed by atoms with E-state index in [-0.39, 0.29) is 15.8 Å². The molecule has 0 saturated heterocycles. The Morgan fingerprint density at radius 1 is 0.773 bits per heavy atom. The fraction of sp³-hybridized carbons (Fsp3) is 0.0526. The highest BCUT2D eigenvalue weighted by atomic mass is 35.5. The zero-order valence-corrected chi connectivity index (χ0v) is 13.1. The molecule has 1 nitrogen and oxygen atoms in total. The van der Waals surface area contributed by atoms with Crippen LogP contribution in [0, 0.1) is 0 Å². The van der Waals surface area contributed by atoms with Gasteiger partial charge in [0.2, 0.25) is 0 Å². The summed E-state index contributed by atoms with van der Waals surface area (Å²) in [5.41, 5.74) is 7.20. The van der Waals surface area contributed by atoms with Crippen LogP contribution in [0.1, 0.15) is 11.1 Å². The van der Waals surface area contributed by atoms with Crippen LogP contribution in [-0.2, 0) is 6.42 Å². The smallest absolute Gasteiger partial charge is 0.152 e. The maximum absolute atomic E-state index is 9.75. The van der Waals surface area contributed by atoms with Crippen molar-refractivity contribution in [1.82, 2.24) is 0 Å². The lowest BCUT2D eigenvalue weighted by atomic mass is 9.96. The highest BCUT2D eigenvalue weighted by molar-refractivity contribution is 6.37. The van der Waals surface area contributed by atoms with E-state index in [9.17, 15) is 5.11 Å². The van der Waals surface area contributed by atoms with E-state index in [2.05, 4.69) is 36.4 Å². The minimum Gasteiger partial charge on any atom is -0.505 e. The van der Waals surface area contributed by atoms with Crippen LogP contribution in [0.4, 0.5) is 0 Å². The number of aromatic hydroxyl groups is 1. The average Bonchev–Trinajstić information content (AvgIpc) is 2.90. The number of phenols is 1. The fourth-order valence-electron chi connectivity index (χ4n) is 3.15. The van der Waals surface area contributed by atoms with Crippen LogP contribution in [0.15, 0.2) is 54.6 Å². The number of rotatable bonds is 1. The first-order valence-electron chi connectivity index (χ1n) is 7.03. The molecule has 108 valence electrons. The Morgan fingerprint density at radius 2 is 1.41 bits per heavy atom. The lowest BCUT2D eigenvalue weighted by molar-refractivity contribution is 0.476. The predicted molar refractivity (Wildman–Crippen MR) is 91.8 cm³/mol. The van der Waals surface area contributed by atoms with E-state index >= 15 is 0 Å². The highest BCUT2D eigenvalue weighted by Crippen LogP contribution is 2.43. The van der Waals surface area contributed by atoms with Crippen LogP contribution in [-0.4, -0.2) is 5.11 Å². The van der Waals surface area contributed by atoms with Crippen LogP contribution in [0.5, 0.6) is 5.75 Å². The van der Waals surface area contributed by atoms with Gasteiger partial charge in [-0.1, -0.05) is 65.7 Å². The van der Waals surface area contributed by atoms with Crippen molar-refractivity contribution in [2.24, 2.45) is 0 Å². The number of benzene rings is 3. The molecule has 0 aromatic heterocycles. The second-order valence-electron chi connectivity index (χ2n) is 5.45. The second kappa shape index (κ2) is 5.05. The van der Waals surface area contributed by atoms with Gasteiger partial charge in [0.1, 0.15) is 0 Å². The molecule has 0 spiro atoms. The molecule has 1 aliphatic carbocycles. The third kappa shape index (κ3) is 2.01. The Balaban J connectivity index is 1.93. The predicted octanol–water partition coefficient (Wildman–Crippen LogP) is 5.94. The van der Waals surface area contributed by atoms with Crippen molar-refractivity contribution in [3.63, 3.8) is 0 Å². The summed E-state index contributed by atoms with van der Waals surface area (Å²) in [6.07, 6.45) is 0.901. The summed E-state index contributed by atoms with van der Waals surface area (Å²) in [4.78, 5) is 0. The van der Waals surface area contributed by atoms with Crippen LogP contribution < -0.4 is 0 Å². The largest absolute Gasteiger partial charge is 0.505 e. The lowest BCUT2D eigenvalue weighted by Gasteiger charge is -2.11. The summed E-state index contributed by atoms with van der Waals surface area (Å²) < 4.78 is 0. The van der Waals surface area contributed by atoms with Crippen LogP contribution in [0.3, 0.4) is 0 Å². The maximum Gasteiger partial charge on any atom is 0.152 e. The molecule has 3 aromatic rings. The third-order valence-electron chi connectivity index (χ3n) is 4.18. The first-order chi connectivity index (χ1) is 10.6. The van der Waals surface area contributed by atoms with E-state index in [0.29, 0.717) is 0 Å². The van der Waals surface area contributed by atoms with E-state index < -0.39 is 0 Å². The van der Waals surface area contributed by atoms with Crippen molar-refractivity contribution in [2.75, 3.05) is 0 Å². The Bertz CT molecular complexity index is 877. The monoisotopic (exact) mass is 326 g/mol. The minimum absolute atomic E-state index is 0.0667. The molecule has 3 heteroatoms. The molecule has 0 radical (unpaired) electrons. The van der Waals surface area contributed by atoms with Crippen LogP contribution >= 0.6 is 23.2 Å². The Labute approximate surface area is 138 Å². The van der Waals surface area contributed by atoms with E-state index in [4.69, 9.17) is 23.2 Å². The first kappa shape index (κ1) is 13.7. The summed E-state index contributed by atoms with van der Waals surface area (Å²) in [5, 5.41) is 10.3. The lowest BCUT2D eigenvalue weighted by Crippen LogP contribution is -1.88. The number of phenolic OH excluding ortho intramolecular Hbond substituents is 1. The van der Waals surface area contributed by atoms with Gasteiger partial charge >= 0.3 is 0 Å². The third-order valence-corrected chi connectivity index (χ3v) is 4.75. The molecule has 1 aliphatic rings. The number of hydrogen-bond acceptors (Lipinski definition) is 1. The molecule has 4 rings (SSSR count). The van der Waals surface area contributed by atoms with Gasteiger partial charge in [-0.2, -0.15) is 0 Å². The standard InChI is InChI=1S/C19H12Cl2O/c20-17-9-12(10-18(21)19(17)22)14-6-3-7-15-13-5-2-1-4-11(13)8-16(14)15/h1-7,9-10,22H,8H2. The molecule has 0 fully saturated rings. The van der Waals surface area contributed by atoms with Crippen molar-refractivity contribution in [2.45, 2.75) is 6.42 Å². The summed E-state index contributed by atoms with van der Waals surface area (Å²) in [5.74, 6) is -0.0667. The first-order valence-corrected chi connectivity index (χ1v) is 7.79. The average molecular weight is 327 g/mol. The van der Waals surface area contributed by atoms with E-state index in [1.54, 1.807) is 12.1 Å². The molecule has 0 atom stereocenters. The zero-order chi connectivity index (χ0) is 15.3. The molecule has 0 bridgehead atoms. The Hall–Kier alpha value is -1.96. The van der Waals surface area contributed by atoms with Crippen LogP contribution in [0.25, 0.3) is 22.3 Å². The Kier molecular flexibility index (Phi) is 3.14. The van der Waals surface area contributed by atoms with Crippen molar-refractivity contribution in [3.05, 3.63) is 75.8 Å². The summed E-state index contributed by atoms with van der Waals surface area (Å²) in [6.45, 7) is 0. The SMILES string of the molecule is Oc1c(Cl)cc(-c2cccc3c2Cc2ccccc2-3)cc1Cl. The molecule has 1 N–H and O–H groups in total. The van der Waals surface area contributed by atoms with Gasteiger partial charge in [0, 0.05) is 0 Å². The molecule has 0 aliphatic heterocycles. The van der Waals surface area contributed by atoms with Gasteiger partial charge in [-0.05, 0) is 51.9 Å². The molecule has 0 amide bonds. The topological polar surface area (TPSA) is 20.2 Å². The summed E-state index contributed by atoms with van der Waals surface area (Å²) in [7, 11) is 0. The molecular formula is C19H12Cl2O. The van der Waals surface area contributed by atoms with E-state index in [1.807, 2.05) is 6.07 Å². The summed E-state index contributed by atoms with van der Waals surface area (Å²) in [6, 6.07) is 18.2.